The van der Waals surface area contributed by atoms with Gasteiger partial charge in [0.2, 0.25) is 0 Å². The van der Waals surface area contributed by atoms with Crippen molar-refractivity contribution >= 4 is 29.7 Å². The number of carboxylic acids is 4. The summed E-state index contributed by atoms with van der Waals surface area (Å²) in [5, 5.41) is 37.9. The van der Waals surface area contributed by atoms with Gasteiger partial charge >= 0.3 is 23.9 Å². The Morgan fingerprint density at radius 1 is 0.676 bits per heavy atom. The van der Waals surface area contributed by atoms with Crippen LogP contribution in [0, 0.1) is 5.41 Å². The van der Waals surface area contributed by atoms with Gasteiger partial charge in [0.1, 0.15) is 11.8 Å². The molecule has 0 aliphatic carbocycles. The van der Waals surface area contributed by atoms with Crippen LogP contribution in [-0.4, -0.2) is 148 Å². The van der Waals surface area contributed by atoms with Crippen molar-refractivity contribution in [3.63, 3.8) is 0 Å². The van der Waals surface area contributed by atoms with E-state index < -0.39 is 35.3 Å². The fourth-order valence-corrected chi connectivity index (χ4v) is 4.18. The Morgan fingerprint density at radius 3 is 1.32 bits per heavy atom. The van der Waals surface area contributed by atoms with Gasteiger partial charge in [-0.15, -0.1) is 0 Å². The molecule has 13 nitrogen and oxygen atoms in total. The summed E-state index contributed by atoms with van der Waals surface area (Å²) in [5.74, 6) is -4.29. The van der Waals surface area contributed by atoms with Crippen LogP contribution in [-0.2, 0) is 24.0 Å². The van der Waals surface area contributed by atoms with Crippen LogP contribution in [0.3, 0.4) is 0 Å². The number of rotatable bonds is 13. The van der Waals surface area contributed by atoms with E-state index in [1.54, 1.807) is 19.6 Å². The van der Waals surface area contributed by atoms with Gasteiger partial charge < -0.3 is 20.4 Å². The fraction of sp³-hybridized carbons (Fsp3) is 0.792. The van der Waals surface area contributed by atoms with Gasteiger partial charge in [0, 0.05) is 64.2 Å². The zero-order valence-electron chi connectivity index (χ0n) is 22.1. The number of nitrogens with zero attached hydrogens (tertiary/aromatic N) is 4. The van der Waals surface area contributed by atoms with Crippen LogP contribution in [0.1, 0.15) is 40.0 Å². The third kappa shape index (κ3) is 12.5. The van der Waals surface area contributed by atoms with Crippen molar-refractivity contribution in [3.8, 4) is 0 Å². The molecule has 0 amide bonds. The van der Waals surface area contributed by atoms with Crippen LogP contribution in [0.25, 0.3) is 0 Å². The molecule has 4 N–H and O–H groups in total. The summed E-state index contributed by atoms with van der Waals surface area (Å²) < 4.78 is 0. The Hall–Kier alpha value is -2.61. The van der Waals surface area contributed by atoms with Gasteiger partial charge in [0.15, 0.2) is 0 Å². The third-order valence-electron chi connectivity index (χ3n) is 6.96. The molecule has 0 saturated carbocycles. The molecule has 1 saturated heterocycles. The molecule has 0 aromatic carbocycles. The SMILES string of the molecule is CCC(C)(C)C(=O)CCC(C(=O)O)N1CCN(CC(=O)O)CCN(CC(=O)O)CCN(CC(=O)O)CC1. The maximum atomic E-state index is 12.7. The van der Waals surface area contributed by atoms with Crippen molar-refractivity contribution in [3.05, 3.63) is 0 Å². The highest BCUT2D eigenvalue weighted by Crippen LogP contribution is 2.24. The summed E-state index contributed by atoms with van der Waals surface area (Å²) >= 11 is 0. The van der Waals surface area contributed by atoms with Crippen LogP contribution in [0.15, 0.2) is 0 Å². The van der Waals surface area contributed by atoms with Gasteiger partial charge in [0.05, 0.1) is 19.6 Å². The van der Waals surface area contributed by atoms with E-state index >= 15 is 0 Å². The number of Topliss-reactive ketones (excluding diaryl/α,β-unsaturated/α-hetero) is 1. The number of carboxylic acid groups (broad SMARTS) is 4. The normalized spacial score (nSPS) is 18.9. The number of carbonyl (C=O) groups excluding carboxylic acids is 1. The second-order valence-electron chi connectivity index (χ2n) is 10.1. The molecule has 0 bridgehead atoms. The largest absolute Gasteiger partial charge is 0.480 e. The molecule has 0 aromatic rings. The molecule has 212 valence electrons. The van der Waals surface area contributed by atoms with Crippen molar-refractivity contribution in [2.24, 2.45) is 5.41 Å². The van der Waals surface area contributed by atoms with Crippen LogP contribution in [0.2, 0.25) is 0 Å². The number of hydrogen-bond acceptors (Lipinski definition) is 9. The first-order valence-corrected chi connectivity index (χ1v) is 12.6. The third-order valence-corrected chi connectivity index (χ3v) is 6.96. The highest BCUT2D eigenvalue weighted by Gasteiger charge is 2.31. The zero-order valence-corrected chi connectivity index (χ0v) is 22.1. The van der Waals surface area contributed by atoms with E-state index in [9.17, 15) is 44.4 Å². The summed E-state index contributed by atoms with van der Waals surface area (Å²) in [6.45, 7) is 6.49. The lowest BCUT2D eigenvalue weighted by molar-refractivity contribution is -0.145. The quantitative estimate of drug-likeness (QED) is 0.244. The number of aliphatic carboxylic acids is 4. The van der Waals surface area contributed by atoms with Crippen LogP contribution < -0.4 is 0 Å². The molecule has 1 aliphatic rings. The minimum absolute atomic E-state index is 0.0332. The van der Waals surface area contributed by atoms with Gasteiger partial charge in [-0.05, 0) is 12.8 Å². The van der Waals surface area contributed by atoms with E-state index in [1.807, 2.05) is 20.8 Å². The molecule has 0 spiro atoms. The molecule has 1 atom stereocenters. The second-order valence-corrected chi connectivity index (χ2v) is 10.1. The van der Waals surface area contributed by atoms with Crippen molar-refractivity contribution in [2.75, 3.05) is 72.0 Å². The maximum Gasteiger partial charge on any atom is 0.320 e. The second kappa shape index (κ2) is 15.6. The first-order valence-electron chi connectivity index (χ1n) is 12.6. The molecule has 1 unspecified atom stereocenters. The summed E-state index contributed by atoms with van der Waals surface area (Å²) in [6, 6.07) is -0.999. The lowest BCUT2D eigenvalue weighted by Crippen LogP contribution is -2.52. The molecule has 37 heavy (non-hydrogen) atoms. The number of hydrogen-bond donors (Lipinski definition) is 4. The Bertz CT molecular complexity index is 773. The summed E-state index contributed by atoms with van der Waals surface area (Å²) in [6.07, 6.45) is 0.790. The molecule has 0 aromatic heterocycles. The smallest absolute Gasteiger partial charge is 0.320 e. The van der Waals surface area contributed by atoms with Gasteiger partial charge in [-0.3, -0.25) is 43.6 Å². The minimum Gasteiger partial charge on any atom is -0.480 e. The highest BCUT2D eigenvalue weighted by atomic mass is 16.4. The molecular formula is C24H42N4O9. The van der Waals surface area contributed by atoms with Crippen molar-refractivity contribution < 1.29 is 44.4 Å². The summed E-state index contributed by atoms with van der Waals surface area (Å²) in [4.78, 5) is 65.6. The van der Waals surface area contributed by atoms with E-state index in [1.165, 1.54) is 0 Å². The van der Waals surface area contributed by atoms with Gasteiger partial charge in [0.25, 0.3) is 0 Å². The first kappa shape index (κ1) is 32.4. The van der Waals surface area contributed by atoms with E-state index in [2.05, 4.69) is 0 Å². The Balaban J connectivity index is 3.16. The Kier molecular flexibility index (Phi) is 13.7. The van der Waals surface area contributed by atoms with E-state index in [0.29, 0.717) is 6.42 Å². The molecule has 1 fully saturated rings. The number of ketones is 1. The van der Waals surface area contributed by atoms with Gasteiger partial charge in [-0.25, -0.2) is 0 Å². The maximum absolute atomic E-state index is 12.7. The van der Waals surface area contributed by atoms with Crippen molar-refractivity contribution in [2.45, 2.75) is 46.1 Å². The molecule has 1 rings (SSSR count). The number of carbonyl (C=O) groups is 5. The van der Waals surface area contributed by atoms with Gasteiger partial charge in [-0.2, -0.15) is 0 Å². The Labute approximate surface area is 217 Å². The van der Waals surface area contributed by atoms with Crippen LogP contribution >= 0.6 is 0 Å². The predicted molar refractivity (Wildman–Crippen MR) is 134 cm³/mol. The fourth-order valence-electron chi connectivity index (χ4n) is 4.18. The Morgan fingerprint density at radius 2 is 1.03 bits per heavy atom. The van der Waals surface area contributed by atoms with Gasteiger partial charge in [-0.1, -0.05) is 20.8 Å². The van der Waals surface area contributed by atoms with E-state index in [4.69, 9.17) is 0 Å². The van der Waals surface area contributed by atoms with Crippen LogP contribution in [0.5, 0.6) is 0 Å². The first-order chi connectivity index (χ1) is 17.2. The lowest BCUT2D eigenvalue weighted by Gasteiger charge is -2.35. The van der Waals surface area contributed by atoms with E-state index in [0.717, 1.165) is 0 Å². The monoisotopic (exact) mass is 530 g/mol. The highest BCUT2D eigenvalue weighted by molar-refractivity contribution is 5.84. The van der Waals surface area contributed by atoms with Crippen molar-refractivity contribution in [1.82, 2.24) is 19.6 Å². The molecular weight excluding hydrogens is 488 g/mol. The van der Waals surface area contributed by atoms with Crippen LogP contribution in [0.4, 0.5) is 0 Å². The molecule has 0 radical (unpaired) electrons. The zero-order chi connectivity index (χ0) is 28.2. The average Bonchev–Trinajstić information content (AvgIpc) is 2.78. The predicted octanol–water partition coefficient (Wildman–Crippen LogP) is -0.299. The lowest BCUT2D eigenvalue weighted by atomic mass is 9.82. The summed E-state index contributed by atoms with van der Waals surface area (Å²) in [7, 11) is 0. The summed E-state index contributed by atoms with van der Waals surface area (Å²) in [5.41, 5.74) is -0.566. The molecule has 1 aliphatic heterocycles. The minimum atomic E-state index is -1.10. The standard InChI is InChI=1S/C24H42N4O9/c1-4-24(2,3)19(29)6-5-18(23(36)37)28-13-11-26(16-21(32)33)9-7-25(15-20(30)31)8-10-27(12-14-28)17-22(34)35/h18H,4-17H2,1-3H3,(H,30,31)(H,32,33)(H,34,35)(H,36,37). The van der Waals surface area contributed by atoms with E-state index in [-0.39, 0.29) is 90.6 Å². The average molecular weight is 531 g/mol. The topological polar surface area (TPSA) is 179 Å². The van der Waals surface area contributed by atoms with Crippen molar-refractivity contribution in [1.29, 1.82) is 0 Å². The molecule has 1 heterocycles. The molecule has 13 heteroatoms.